The zero-order valence-corrected chi connectivity index (χ0v) is 24.2. The van der Waals surface area contributed by atoms with Crippen LogP contribution in [0.15, 0.2) is 107 Å². The molecule has 0 saturated heterocycles. The van der Waals surface area contributed by atoms with Crippen molar-refractivity contribution >= 4 is 54.6 Å². The van der Waals surface area contributed by atoms with Gasteiger partial charge < -0.3 is 5.32 Å². The highest BCUT2D eigenvalue weighted by atomic mass is 35.5. The molecule has 4 aromatic rings. The van der Waals surface area contributed by atoms with Crippen LogP contribution in [0.3, 0.4) is 0 Å². The maximum absolute atomic E-state index is 13.5. The number of halogens is 4. The van der Waals surface area contributed by atoms with Gasteiger partial charge in [-0.1, -0.05) is 41.9 Å². The van der Waals surface area contributed by atoms with E-state index < -0.39 is 54.9 Å². The largest absolute Gasteiger partial charge is 0.417 e. The topological polar surface area (TPSA) is 113 Å². The molecule has 0 radical (unpaired) electrons. The van der Waals surface area contributed by atoms with E-state index in [0.29, 0.717) is 16.1 Å². The number of carbonyl (C=O) groups excluding carboxylic acids is 1. The van der Waals surface area contributed by atoms with Crippen molar-refractivity contribution in [2.24, 2.45) is 0 Å². The van der Waals surface area contributed by atoms with Gasteiger partial charge in [-0.2, -0.15) is 13.2 Å². The lowest BCUT2D eigenvalue weighted by Crippen LogP contribution is -2.38. The summed E-state index contributed by atoms with van der Waals surface area (Å²) in [6, 6.07) is 21.2. The number of alkyl halides is 3. The Hall–Kier alpha value is -4.07. The first kappa shape index (κ1) is 30.9. The van der Waals surface area contributed by atoms with Crippen molar-refractivity contribution in [3.63, 3.8) is 0 Å². The van der Waals surface area contributed by atoms with Gasteiger partial charge in [-0.3, -0.25) is 13.8 Å². The van der Waals surface area contributed by atoms with E-state index in [2.05, 4.69) is 10.0 Å². The molecule has 0 bridgehead atoms. The molecule has 0 heterocycles. The number of nitrogens with zero attached hydrogens (tertiary/aromatic N) is 1. The van der Waals surface area contributed by atoms with E-state index in [1.165, 1.54) is 48.5 Å². The average Bonchev–Trinajstić information content (AvgIpc) is 2.92. The predicted molar refractivity (Wildman–Crippen MR) is 154 cm³/mol. The quantitative estimate of drug-likeness (QED) is 0.224. The van der Waals surface area contributed by atoms with Gasteiger partial charge in [0.25, 0.3) is 20.0 Å². The summed E-state index contributed by atoms with van der Waals surface area (Å²) >= 11 is 5.71. The molecule has 0 aromatic heterocycles. The number of aryl methyl sites for hydroxylation is 1. The summed E-state index contributed by atoms with van der Waals surface area (Å²) in [7, 11) is -8.45. The molecule has 8 nitrogen and oxygen atoms in total. The molecule has 0 saturated carbocycles. The highest BCUT2D eigenvalue weighted by Gasteiger charge is 2.35. The number of carbonyl (C=O) groups is 1. The third kappa shape index (κ3) is 7.22. The van der Waals surface area contributed by atoms with E-state index >= 15 is 0 Å². The number of benzene rings is 4. The number of amides is 1. The van der Waals surface area contributed by atoms with Gasteiger partial charge in [0.15, 0.2) is 0 Å². The summed E-state index contributed by atoms with van der Waals surface area (Å²) in [5.41, 5.74) is -0.368. The van der Waals surface area contributed by atoms with Crippen molar-refractivity contribution in [3.8, 4) is 0 Å². The Morgan fingerprint density at radius 3 is 2.10 bits per heavy atom. The summed E-state index contributed by atoms with van der Waals surface area (Å²) in [4.78, 5) is 12.6. The zero-order chi connectivity index (χ0) is 30.7. The first-order valence-corrected chi connectivity index (χ1v) is 15.4. The van der Waals surface area contributed by atoms with Gasteiger partial charge >= 0.3 is 6.18 Å². The fraction of sp³-hybridized carbons (Fsp3) is 0.107. The Bertz CT molecular complexity index is 1820. The Kier molecular flexibility index (Phi) is 8.85. The van der Waals surface area contributed by atoms with Gasteiger partial charge in [-0.15, -0.1) is 0 Å². The molecule has 220 valence electrons. The average molecular weight is 638 g/mol. The van der Waals surface area contributed by atoms with Crippen LogP contribution in [0, 0.1) is 6.92 Å². The molecule has 0 aliphatic carbocycles. The van der Waals surface area contributed by atoms with Crippen molar-refractivity contribution in [2.45, 2.75) is 22.9 Å². The summed E-state index contributed by atoms with van der Waals surface area (Å²) in [5.74, 6) is -0.897. The highest BCUT2D eigenvalue weighted by molar-refractivity contribution is 7.93. The van der Waals surface area contributed by atoms with E-state index in [4.69, 9.17) is 11.6 Å². The minimum absolute atomic E-state index is 0.101. The lowest BCUT2D eigenvalue weighted by molar-refractivity contribution is -0.137. The van der Waals surface area contributed by atoms with E-state index in [1.807, 2.05) is 13.0 Å². The number of sulfonamides is 2. The standard InChI is InChI=1S/C28H23ClF3N3O5S2/c1-19-6-5-7-21(16-19)34-41(37,38)23-13-10-20(11-14-23)33-27(36)18-35(42(39,40)24-8-3-2-4-9-24)22-12-15-26(29)25(17-22)28(30,31)32/h2-17,34H,18H2,1H3,(H,33,36). The molecule has 42 heavy (non-hydrogen) atoms. The molecule has 0 aliphatic rings. The van der Waals surface area contributed by atoms with Gasteiger partial charge in [0, 0.05) is 11.4 Å². The van der Waals surface area contributed by atoms with Crippen LogP contribution in [0.2, 0.25) is 5.02 Å². The molecular weight excluding hydrogens is 615 g/mol. The maximum atomic E-state index is 13.5. The second-order valence-corrected chi connectivity index (χ2v) is 13.0. The van der Waals surface area contributed by atoms with Crippen LogP contribution >= 0.6 is 11.6 Å². The van der Waals surface area contributed by atoms with E-state index in [-0.39, 0.29) is 15.5 Å². The number of hydrogen-bond acceptors (Lipinski definition) is 5. The van der Waals surface area contributed by atoms with Gasteiger partial charge in [-0.25, -0.2) is 16.8 Å². The second-order valence-electron chi connectivity index (χ2n) is 9.03. The molecule has 0 unspecified atom stereocenters. The van der Waals surface area contributed by atoms with Crippen LogP contribution < -0.4 is 14.3 Å². The lowest BCUT2D eigenvalue weighted by Gasteiger charge is -2.25. The molecule has 0 fully saturated rings. The Morgan fingerprint density at radius 1 is 0.810 bits per heavy atom. The van der Waals surface area contributed by atoms with Gasteiger partial charge in [-0.05, 0) is 79.2 Å². The number of hydrogen-bond donors (Lipinski definition) is 2. The lowest BCUT2D eigenvalue weighted by atomic mass is 10.2. The highest BCUT2D eigenvalue weighted by Crippen LogP contribution is 2.38. The second kappa shape index (κ2) is 12.0. The van der Waals surface area contributed by atoms with Crippen molar-refractivity contribution < 1.29 is 34.8 Å². The Balaban J connectivity index is 1.59. The zero-order valence-electron chi connectivity index (χ0n) is 21.8. The SMILES string of the molecule is Cc1cccc(NS(=O)(=O)c2ccc(NC(=O)CN(c3ccc(Cl)c(C(F)(F)F)c3)S(=O)(=O)c3ccccc3)cc2)c1. The minimum atomic E-state index is -4.88. The molecule has 4 rings (SSSR count). The molecule has 2 N–H and O–H groups in total. The summed E-state index contributed by atoms with van der Waals surface area (Å²) < 4.78 is 96.0. The molecule has 14 heteroatoms. The molecular formula is C28H23ClF3N3O5S2. The molecule has 0 aliphatic heterocycles. The third-order valence-corrected chi connectivity index (χ3v) is 9.40. The predicted octanol–water partition coefficient (Wildman–Crippen LogP) is 6.30. The maximum Gasteiger partial charge on any atom is 0.417 e. The van der Waals surface area contributed by atoms with Gasteiger partial charge in [0.05, 0.1) is 26.1 Å². The molecule has 1 amide bonds. The fourth-order valence-electron chi connectivity index (χ4n) is 3.89. The Labute approximate surface area is 245 Å². The molecule has 0 spiro atoms. The summed E-state index contributed by atoms with van der Waals surface area (Å²) in [6.07, 6.45) is -4.88. The Morgan fingerprint density at radius 2 is 1.48 bits per heavy atom. The smallest absolute Gasteiger partial charge is 0.325 e. The van der Waals surface area contributed by atoms with Crippen LogP contribution in [0.4, 0.5) is 30.2 Å². The number of nitrogens with one attached hydrogen (secondary N) is 2. The third-order valence-electron chi connectivity index (χ3n) is 5.88. The van der Waals surface area contributed by atoms with Crippen LogP contribution in [-0.4, -0.2) is 29.3 Å². The minimum Gasteiger partial charge on any atom is -0.325 e. The van der Waals surface area contributed by atoms with Gasteiger partial charge in [0.2, 0.25) is 5.91 Å². The van der Waals surface area contributed by atoms with Crippen molar-refractivity contribution in [1.29, 1.82) is 0 Å². The first-order valence-electron chi connectivity index (χ1n) is 12.1. The van der Waals surface area contributed by atoms with Gasteiger partial charge in [0.1, 0.15) is 6.54 Å². The summed E-state index contributed by atoms with van der Waals surface area (Å²) in [6.45, 7) is 0.911. The van der Waals surface area contributed by atoms with E-state index in [9.17, 15) is 34.8 Å². The first-order chi connectivity index (χ1) is 19.7. The molecule has 4 aromatic carbocycles. The van der Waals surface area contributed by atoms with Crippen molar-refractivity contribution in [3.05, 3.63) is 113 Å². The van der Waals surface area contributed by atoms with E-state index in [0.717, 1.165) is 17.7 Å². The van der Waals surface area contributed by atoms with Crippen LogP contribution in [0.5, 0.6) is 0 Å². The number of anilines is 3. The monoisotopic (exact) mass is 637 g/mol. The van der Waals surface area contributed by atoms with Crippen LogP contribution in [0.25, 0.3) is 0 Å². The summed E-state index contributed by atoms with van der Waals surface area (Å²) in [5, 5.41) is 1.81. The molecule has 0 atom stereocenters. The van der Waals surface area contributed by atoms with Crippen LogP contribution in [-0.2, 0) is 31.0 Å². The normalized spacial score (nSPS) is 12.0. The van der Waals surface area contributed by atoms with Crippen LogP contribution in [0.1, 0.15) is 11.1 Å². The number of rotatable bonds is 9. The van der Waals surface area contributed by atoms with E-state index in [1.54, 1.807) is 24.3 Å². The fourth-order valence-corrected chi connectivity index (χ4v) is 6.60. The van der Waals surface area contributed by atoms with Crippen molar-refractivity contribution in [1.82, 2.24) is 0 Å². The van der Waals surface area contributed by atoms with Crippen molar-refractivity contribution in [2.75, 3.05) is 20.9 Å².